The molecule has 0 amide bonds. The summed E-state index contributed by atoms with van der Waals surface area (Å²) in [5.74, 6) is 0.472. The third-order valence-corrected chi connectivity index (χ3v) is 2.63. The highest BCUT2D eigenvalue weighted by Crippen LogP contribution is 2.21. The number of piperidine rings is 1. The average Bonchev–Trinajstić information content (AvgIpc) is 1.96. The van der Waals surface area contributed by atoms with Crippen molar-refractivity contribution in [1.82, 2.24) is 4.90 Å². The van der Waals surface area contributed by atoms with Crippen LogP contribution in [0, 0.1) is 11.8 Å². The van der Waals surface area contributed by atoms with E-state index in [4.69, 9.17) is 5.11 Å². The molecule has 1 aliphatic rings. The number of likely N-dealkylation sites (N-methyl/N-ethyl adjacent to an activating group) is 1. The van der Waals surface area contributed by atoms with Crippen molar-refractivity contribution in [2.75, 3.05) is 26.7 Å². The SMILES string of the molecule is CC1C(O)CN(C)CC1CO. The van der Waals surface area contributed by atoms with Crippen molar-refractivity contribution in [3.63, 3.8) is 0 Å². The van der Waals surface area contributed by atoms with Crippen LogP contribution in [-0.2, 0) is 0 Å². The molecule has 2 N–H and O–H groups in total. The Balaban J connectivity index is 2.51. The van der Waals surface area contributed by atoms with Crippen LogP contribution >= 0.6 is 0 Å². The van der Waals surface area contributed by atoms with Crippen LogP contribution in [0.3, 0.4) is 0 Å². The molecule has 3 atom stereocenters. The van der Waals surface area contributed by atoms with Gasteiger partial charge in [0.15, 0.2) is 0 Å². The van der Waals surface area contributed by atoms with Crippen LogP contribution in [0.25, 0.3) is 0 Å². The molecule has 0 aliphatic carbocycles. The maximum atomic E-state index is 9.50. The molecular weight excluding hydrogens is 142 g/mol. The summed E-state index contributed by atoms with van der Waals surface area (Å²) in [7, 11) is 1.97. The average molecular weight is 159 g/mol. The first kappa shape index (κ1) is 8.97. The molecule has 0 radical (unpaired) electrons. The molecule has 3 nitrogen and oxygen atoms in total. The van der Waals surface area contributed by atoms with Gasteiger partial charge in [0.2, 0.25) is 0 Å². The lowest BCUT2D eigenvalue weighted by atomic mass is 9.86. The maximum absolute atomic E-state index is 9.50. The topological polar surface area (TPSA) is 43.7 Å². The quantitative estimate of drug-likeness (QED) is 0.544. The number of hydrogen-bond acceptors (Lipinski definition) is 3. The van der Waals surface area contributed by atoms with E-state index in [-0.39, 0.29) is 24.5 Å². The summed E-state index contributed by atoms with van der Waals surface area (Å²) in [6.07, 6.45) is -0.272. The predicted molar refractivity (Wildman–Crippen MR) is 43.2 cm³/mol. The summed E-state index contributed by atoms with van der Waals surface area (Å²) in [5.41, 5.74) is 0. The van der Waals surface area contributed by atoms with E-state index in [9.17, 15) is 5.11 Å². The smallest absolute Gasteiger partial charge is 0.0696 e. The molecule has 0 aromatic heterocycles. The van der Waals surface area contributed by atoms with Gasteiger partial charge in [-0.25, -0.2) is 0 Å². The Hall–Kier alpha value is -0.120. The van der Waals surface area contributed by atoms with Crippen molar-refractivity contribution in [3.8, 4) is 0 Å². The summed E-state index contributed by atoms with van der Waals surface area (Å²) < 4.78 is 0. The van der Waals surface area contributed by atoms with Gasteiger partial charge in [0.1, 0.15) is 0 Å². The third-order valence-electron chi connectivity index (χ3n) is 2.63. The Labute approximate surface area is 67.6 Å². The van der Waals surface area contributed by atoms with Crippen LogP contribution in [0.5, 0.6) is 0 Å². The molecule has 66 valence electrons. The number of aliphatic hydroxyl groups excluding tert-OH is 2. The maximum Gasteiger partial charge on any atom is 0.0696 e. The minimum atomic E-state index is -0.272. The second-order valence-corrected chi connectivity index (χ2v) is 3.59. The number of hydrogen-bond donors (Lipinski definition) is 2. The zero-order chi connectivity index (χ0) is 8.43. The minimum absolute atomic E-state index is 0.183. The summed E-state index contributed by atoms with van der Waals surface area (Å²) >= 11 is 0. The molecule has 1 aliphatic heterocycles. The normalized spacial score (nSPS) is 40.9. The van der Waals surface area contributed by atoms with Crippen molar-refractivity contribution in [1.29, 1.82) is 0 Å². The fourth-order valence-electron chi connectivity index (χ4n) is 1.66. The largest absolute Gasteiger partial charge is 0.396 e. The summed E-state index contributed by atoms with van der Waals surface area (Å²) in [6, 6.07) is 0. The van der Waals surface area contributed by atoms with Gasteiger partial charge < -0.3 is 15.1 Å². The molecule has 0 saturated carbocycles. The molecular formula is C8H17NO2. The molecule has 0 spiro atoms. The number of β-amino-alcohol motifs (C(OH)–C–C–N with tert-alkyl or cyclic N) is 1. The zero-order valence-corrected chi connectivity index (χ0v) is 7.20. The summed E-state index contributed by atoms with van der Waals surface area (Å²) in [4.78, 5) is 2.06. The van der Waals surface area contributed by atoms with Gasteiger partial charge in [-0.15, -0.1) is 0 Å². The fraction of sp³-hybridized carbons (Fsp3) is 1.00. The number of nitrogens with zero attached hydrogens (tertiary/aromatic N) is 1. The van der Waals surface area contributed by atoms with Gasteiger partial charge in [-0.3, -0.25) is 0 Å². The highest BCUT2D eigenvalue weighted by Gasteiger charge is 2.30. The molecule has 1 heterocycles. The predicted octanol–water partition coefficient (Wildman–Crippen LogP) is -0.463. The van der Waals surface area contributed by atoms with Gasteiger partial charge in [-0.05, 0) is 18.9 Å². The van der Waals surface area contributed by atoms with Gasteiger partial charge in [-0.1, -0.05) is 6.92 Å². The van der Waals surface area contributed by atoms with E-state index in [0.717, 1.165) is 13.1 Å². The molecule has 11 heavy (non-hydrogen) atoms. The molecule has 0 aromatic rings. The van der Waals surface area contributed by atoms with Gasteiger partial charge in [-0.2, -0.15) is 0 Å². The van der Waals surface area contributed by atoms with E-state index in [2.05, 4.69) is 4.90 Å². The second kappa shape index (κ2) is 3.52. The van der Waals surface area contributed by atoms with Crippen LogP contribution in [0.15, 0.2) is 0 Å². The third kappa shape index (κ3) is 1.92. The van der Waals surface area contributed by atoms with Crippen LogP contribution in [-0.4, -0.2) is 48.0 Å². The lowest BCUT2D eigenvalue weighted by Crippen LogP contribution is -2.47. The van der Waals surface area contributed by atoms with E-state index >= 15 is 0 Å². The van der Waals surface area contributed by atoms with E-state index in [0.29, 0.717) is 0 Å². The van der Waals surface area contributed by atoms with E-state index < -0.39 is 0 Å². The number of aliphatic hydroxyl groups is 2. The summed E-state index contributed by atoms with van der Waals surface area (Å²) in [6.45, 7) is 3.81. The Bertz CT molecular complexity index is 129. The Morgan fingerprint density at radius 2 is 2.09 bits per heavy atom. The lowest BCUT2D eigenvalue weighted by molar-refractivity contribution is -0.0151. The monoisotopic (exact) mass is 159 g/mol. The van der Waals surface area contributed by atoms with Crippen molar-refractivity contribution >= 4 is 0 Å². The van der Waals surface area contributed by atoms with Crippen molar-refractivity contribution < 1.29 is 10.2 Å². The standard InChI is InChI=1S/C8H17NO2/c1-6-7(5-10)3-9(2)4-8(6)11/h6-8,10-11H,3-5H2,1-2H3. The first-order chi connectivity index (χ1) is 5.15. The fourth-order valence-corrected chi connectivity index (χ4v) is 1.66. The van der Waals surface area contributed by atoms with Gasteiger partial charge in [0, 0.05) is 19.7 Å². The van der Waals surface area contributed by atoms with Crippen molar-refractivity contribution in [2.24, 2.45) is 11.8 Å². The minimum Gasteiger partial charge on any atom is -0.396 e. The zero-order valence-electron chi connectivity index (χ0n) is 7.20. The van der Waals surface area contributed by atoms with Crippen molar-refractivity contribution in [2.45, 2.75) is 13.0 Å². The molecule has 0 bridgehead atoms. The van der Waals surface area contributed by atoms with Gasteiger partial charge in [0.25, 0.3) is 0 Å². The Morgan fingerprint density at radius 3 is 2.64 bits per heavy atom. The Kier molecular flexibility index (Phi) is 2.87. The number of rotatable bonds is 1. The van der Waals surface area contributed by atoms with Crippen molar-refractivity contribution in [3.05, 3.63) is 0 Å². The first-order valence-electron chi connectivity index (χ1n) is 4.12. The van der Waals surface area contributed by atoms with Crippen LogP contribution < -0.4 is 0 Å². The van der Waals surface area contributed by atoms with Crippen LogP contribution in [0.2, 0.25) is 0 Å². The van der Waals surface area contributed by atoms with Gasteiger partial charge >= 0.3 is 0 Å². The molecule has 1 rings (SSSR count). The summed E-state index contributed by atoms with van der Waals surface area (Å²) in [5, 5.41) is 18.5. The second-order valence-electron chi connectivity index (χ2n) is 3.59. The molecule has 3 heteroatoms. The van der Waals surface area contributed by atoms with E-state index in [1.54, 1.807) is 0 Å². The Morgan fingerprint density at radius 1 is 1.45 bits per heavy atom. The van der Waals surface area contributed by atoms with E-state index in [1.165, 1.54) is 0 Å². The molecule has 1 fully saturated rings. The van der Waals surface area contributed by atoms with Crippen LogP contribution in [0.4, 0.5) is 0 Å². The van der Waals surface area contributed by atoms with Gasteiger partial charge in [0.05, 0.1) is 6.10 Å². The highest BCUT2D eigenvalue weighted by atomic mass is 16.3. The van der Waals surface area contributed by atoms with E-state index in [1.807, 2.05) is 14.0 Å². The molecule has 0 aromatic carbocycles. The molecule has 1 saturated heterocycles. The highest BCUT2D eigenvalue weighted by molar-refractivity contribution is 4.82. The number of likely N-dealkylation sites (tertiary alicyclic amines) is 1. The molecule has 3 unspecified atom stereocenters. The first-order valence-corrected chi connectivity index (χ1v) is 4.12. The lowest BCUT2D eigenvalue weighted by Gasteiger charge is -2.37. The van der Waals surface area contributed by atoms with Crippen LogP contribution in [0.1, 0.15) is 6.92 Å².